The second-order valence-electron chi connectivity index (χ2n) is 5.11. The molecular weight excluding hydrogens is 321 g/mol. The van der Waals surface area contributed by atoms with Crippen LogP contribution in [-0.2, 0) is 6.18 Å². The zero-order valence-electron chi connectivity index (χ0n) is 13.0. The second kappa shape index (κ2) is 7.76. The molecule has 0 saturated heterocycles. The highest BCUT2D eigenvalue weighted by Gasteiger charge is 2.30. The normalized spacial score (nSPS) is 11.2. The van der Waals surface area contributed by atoms with Gasteiger partial charge in [0.25, 0.3) is 5.91 Å². The topological polar surface area (TPSA) is 66.9 Å². The largest absolute Gasteiger partial charge is 0.416 e. The van der Waals surface area contributed by atoms with Crippen molar-refractivity contribution < 1.29 is 18.0 Å². The summed E-state index contributed by atoms with van der Waals surface area (Å²) in [6.07, 6.45) is 0.0752. The summed E-state index contributed by atoms with van der Waals surface area (Å²) in [5.41, 5.74) is -0.259. The Hall–Kier alpha value is -2.64. The number of carbonyl (C=O) groups is 1. The number of halogens is 3. The number of nitrogens with zero attached hydrogens (tertiary/aromatic N) is 2. The summed E-state index contributed by atoms with van der Waals surface area (Å²) in [5, 5.41) is 5.41. The third kappa shape index (κ3) is 4.94. The minimum Gasteiger partial charge on any atom is -0.352 e. The molecular formula is C16H17F3N4O. The summed E-state index contributed by atoms with van der Waals surface area (Å²) in [7, 11) is 0. The van der Waals surface area contributed by atoms with Gasteiger partial charge in [-0.15, -0.1) is 0 Å². The Morgan fingerprint density at radius 3 is 2.54 bits per heavy atom. The number of nitrogens with one attached hydrogen (secondary N) is 2. The van der Waals surface area contributed by atoms with Crippen molar-refractivity contribution in [1.82, 2.24) is 15.3 Å². The van der Waals surface area contributed by atoms with Crippen molar-refractivity contribution >= 4 is 17.5 Å². The number of hydrogen-bond acceptors (Lipinski definition) is 4. The summed E-state index contributed by atoms with van der Waals surface area (Å²) in [6.45, 7) is 2.59. The predicted octanol–water partition coefficient (Wildman–Crippen LogP) is 3.77. The first-order valence-electron chi connectivity index (χ1n) is 7.44. The standard InChI is InChI=1S/C16H17F3N4O/c1-2-3-7-20-14(24)11-9-21-15(22-10-11)23-13-6-4-5-12(8-13)16(17,18)19/h4-6,8-10H,2-3,7H2,1H3,(H,20,24)(H,21,22,23). The third-order valence-corrected chi connectivity index (χ3v) is 3.18. The summed E-state index contributed by atoms with van der Waals surface area (Å²) >= 11 is 0. The molecule has 0 fully saturated rings. The lowest BCUT2D eigenvalue weighted by Gasteiger charge is -2.10. The van der Waals surface area contributed by atoms with E-state index in [0.29, 0.717) is 12.1 Å². The summed E-state index contributed by atoms with van der Waals surface area (Å²) in [5.74, 6) is -0.173. The number of benzene rings is 1. The van der Waals surface area contributed by atoms with Crippen LogP contribution in [0.4, 0.5) is 24.8 Å². The van der Waals surface area contributed by atoms with E-state index in [1.165, 1.54) is 24.5 Å². The summed E-state index contributed by atoms with van der Waals surface area (Å²) < 4.78 is 38.0. The van der Waals surface area contributed by atoms with E-state index in [-0.39, 0.29) is 17.5 Å². The molecule has 2 rings (SSSR count). The molecule has 1 aromatic heterocycles. The van der Waals surface area contributed by atoms with Crippen LogP contribution in [0, 0.1) is 0 Å². The molecule has 0 aliphatic rings. The molecule has 0 aliphatic carbocycles. The molecule has 0 saturated carbocycles. The fourth-order valence-corrected chi connectivity index (χ4v) is 1.89. The van der Waals surface area contributed by atoms with Crippen LogP contribution in [0.25, 0.3) is 0 Å². The molecule has 0 unspecified atom stereocenters. The van der Waals surface area contributed by atoms with Crippen LogP contribution in [0.15, 0.2) is 36.7 Å². The van der Waals surface area contributed by atoms with E-state index in [1.807, 2.05) is 6.92 Å². The number of unbranched alkanes of at least 4 members (excludes halogenated alkanes) is 1. The third-order valence-electron chi connectivity index (χ3n) is 3.18. The Labute approximate surface area is 137 Å². The van der Waals surface area contributed by atoms with Gasteiger partial charge < -0.3 is 10.6 Å². The van der Waals surface area contributed by atoms with Crippen molar-refractivity contribution in [1.29, 1.82) is 0 Å². The van der Waals surface area contributed by atoms with E-state index in [0.717, 1.165) is 25.0 Å². The van der Waals surface area contributed by atoms with Crippen LogP contribution in [0.3, 0.4) is 0 Å². The van der Waals surface area contributed by atoms with E-state index in [2.05, 4.69) is 20.6 Å². The Bertz CT molecular complexity index is 686. The SMILES string of the molecule is CCCCNC(=O)c1cnc(Nc2cccc(C(F)(F)F)c2)nc1. The zero-order chi connectivity index (χ0) is 17.6. The van der Waals surface area contributed by atoms with E-state index >= 15 is 0 Å². The molecule has 1 amide bonds. The van der Waals surface area contributed by atoms with Gasteiger partial charge >= 0.3 is 6.18 Å². The van der Waals surface area contributed by atoms with Crippen LogP contribution >= 0.6 is 0 Å². The number of amides is 1. The molecule has 2 aromatic rings. The maximum absolute atomic E-state index is 12.7. The Morgan fingerprint density at radius 2 is 1.92 bits per heavy atom. The van der Waals surface area contributed by atoms with E-state index in [4.69, 9.17) is 0 Å². The Morgan fingerprint density at radius 1 is 1.21 bits per heavy atom. The Balaban J connectivity index is 2.03. The minimum absolute atomic E-state index is 0.111. The fraction of sp³-hybridized carbons (Fsp3) is 0.312. The highest BCUT2D eigenvalue weighted by molar-refractivity contribution is 5.93. The summed E-state index contributed by atoms with van der Waals surface area (Å²) in [6, 6.07) is 4.72. The van der Waals surface area contributed by atoms with Gasteiger partial charge in [0, 0.05) is 24.6 Å². The smallest absolute Gasteiger partial charge is 0.352 e. The van der Waals surface area contributed by atoms with Crippen LogP contribution in [0.1, 0.15) is 35.7 Å². The van der Waals surface area contributed by atoms with Gasteiger partial charge in [-0.1, -0.05) is 19.4 Å². The van der Waals surface area contributed by atoms with E-state index in [9.17, 15) is 18.0 Å². The van der Waals surface area contributed by atoms with Gasteiger partial charge in [0.15, 0.2) is 0 Å². The van der Waals surface area contributed by atoms with Gasteiger partial charge in [-0.05, 0) is 24.6 Å². The summed E-state index contributed by atoms with van der Waals surface area (Å²) in [4.78, 5) is 19.7. The number of anilines is 2. The molecule has 0 aliphatic heterocycles. The lowest BCUT2D eigenvalue weighted by Crippen LogP contribution is -2.24. The van der Waals surface area contributed by atoms with E-state index in [1.54, 1.807) is 0 Å². The van der Waals surface area contributed by atoms with E-state index < -0.39 is 11.7 Å². The minimum atomic E-state index is -4.42. The molecule has 0 radical (unpaired) electrons. The number of hydrogen-bond donors (Lipinski definition) is 2. The van der Waals surface area contributed by atoms with Crippen LogP contribution in [0.2, 0.25) is 0 Å². The lowest BCUT2D eigenvalue weighted by molar-refractivity contribution is -0.137. The quantitative estimate of drug-likeness (QED) is 0.787. The number of aromatic nitrogens is 2. The van der Waals surface area contributed by atoms with Crippen LogP contribution in [0.5, 0.6) is 0 Å². The lowest BCUT2D eigenvalue weighted by atomic mass is 10.2. The molecule has 0 bridgehead atoms. The molecule has 24 heavy (non-hydrogen) atoms. The second-order valence-corrected chi connectivity index (χ2v) is 5.11. The van der Waals surface area contributed by atoms with Gasteiger partial charge in [0.05, 0.1) is 11.1 Å². The van der Waals surface area contributed by atoms with Crippen molar-refractivity contribution in [2.45, 2.75) is 25.9 Å². The first-order valence-corrected chi connectivity index (χ1v) is 7.44. The Kier molecular flexibility index (Phi) is 5.73. The van der Waals surface area contributed by atoms with Crippen LogP contribution < -0.4 is 10.6 Å². The zero-order valence-corrected chi connectivity index (χ0v) is 13.0. The van der Waals surface area contributed by atoms with Crippen molar-refractivity contribution in [3.63, 3.8) is 0 Å². The first kappa shape index (κ1) is 17.7. The fourth-order valence-electron chi connectivity index (χ4n) is 1.89. The van der Waals surface area contributed by atoms with Crippen molar-refractivity contribution in [2.24, 2.45) is 0 Å². The molecule has 0 spiro atoms. The predicted molar refractivity (Wildman–Crippen MR) is 84.0 cm³/mol. The van der Waals surface area contributed by atoms with Gasteiger partial charge in [0.2, 0.25) is 5.95 Å². The molecule has 2 N–H and O–H groups in total. The van der Waals surface area contributed by atoms with Gasteiger partial charge in [-0.2, -0.15) is 13.2 Å². The number of rotatable bonds is 6. The molecule has 0 atom stereocenters. The highest BCUT2D eigenvalue weighted by Crippen LogP contribution is 2.31. The number of carbonyl (C=O) groups excluding carboxylic acids is 1. The van der Waals surface area contributed by atoms with Gasteiger partial charge in [-0.3, -0.25) is 4.79 Å². The first-order chi connectivity index (χ1) is 11.4. The monoisotopic (exact) mass is 338 g/mol. The highest BCUT2D eigenvalue weighted by atomic mass is 19.4. The van der Waals surface area contributed by atoms with Gasteiger partial charge in [-0.25, -0.2) is 9.97 Å². The molecule has 1 heterocycles. The number of alkyl halides is 3. The van der Waals surface area contributed by atoms with Crippen molar-refractivity contribution in [2.75, 3.05) is 11.9 Å². The van der Waals surface area contributed by atoms with Gasteiger partial charge in [0.1, 0.15) is 0 Å². The average molecular weight is 338 g/mol. The van der Waals surface area contributed by atoms with Crippen molar-refractivity contribution in [3.8, 4) is 0 Å². The maximum Gasteiger partial charge on any atom is 0.416 e. The maximum atomic E-state index is 12.7. The molecule has 5 nitrogen and oxygen atoms in total. The molecule has 8 heteroatoms. The average Bonchev–Trinajstić information content (AvgIpc) is 2.55. The molecule has 1 aromatic carbocycles. The molecule has 128 valence electrons. The van der Waals surface area contributed by atoms with Crippen LogP contribution in [-0.4, -0.2) is 22.4 Å². The van der Waals surface area contributed by atoms with Crippen molar-refractivity contribution in [3.05, 3.63) is 47.8 Å².